The standard InChI is InChI=1S/C16H21F2NO2/c1-3-12-6-4-5-9-19(12)16(20)11(2)21-13-7-8-14(17)15(18)10-13/h7-8,10-12H,3-6,9H2,1-2H3. The number of halogens is 2. The summed E-state index contributed by atoms with van der Waals surface area (Å²) in [6.45, 7) is 4.45. The van der Waals surface area contributed by atoms with Crippen LogP contribution in [0.3, 0.4) is 0 Å². The molecule has 0 N–H and O–H groups in total. The number of hydrogen-bond acceptors (Lipinski definition) is 2. The monoisotopic (exact) mass is 297 g/mol. The molecule has 3 nitrogen and oxygen atoms in total. The summed E-state index contributed by atoms with van der Waals surface area (Å²) in [5.41, 5.74) is 0. The van der Waals surface area contributed by atoms with Crippen molar-refractivity contribution in [2.24, 2.45) is 0 Å². The molecule has 1 aromatic rings. The van der Waals surface area contributed by atoms with Crippen LogP contribution in [0.5, 0.6) is 5.75 Å². The van der Waals surface area contributed by atoms with E-state index in [0.29, 0.717) is 0 Å². The highest BCUT2D eigenvalue weighted by atomic mass is 19.2. The Morgan fingerprint density at radius 1 is 1.38 bits per heavy atom. The van der Waals surface area contributed by atoms with Crippen LogP contribution < -0.4 is 4.74 Å². The molecular weight excluding hydrogens is 276 g/mol. The number of likely N-dealkylation sites (tertiary alicyclic amines) is 1. The van der Waals surface area contributed by atoms with E-state index in [1.54, 1.807) is 6.92 Å². The first-order valence-corrected chi connectivity index (χ1v) is 7.45. The second kappa shape index (κ2) is 6.87. The zero-order valence-electron chi connectivity index (χ0n) is 12.4. The minimum absolute atomic E-state index is 0.0914. The summed E-state index contributed by atoms with van der Waals surface area (Å²) in [5, 5.41) is 0. The van der Waals surface area contributed by atoms with Gasteiger partial charge in [-0.25, -0.2) is 8.78 Å². The second-order valence-electron chi connectivity index (χ2n) is 5.43. The largest absolute Gasteiger partial charge is 0.481 e. The first kappa shape index (κ1) is 15.7. The quantitative estimate of drug-likeness (QED) is 0.851. The maximum Gasteiger partial charge on any atom is 0.263 e. The van der Waals surface area contributed by atoms with E-state index < -0.39 is 17.7 Å². The van der Waals surface area contributed by atoms with E-state index >= 15 is 0 Å². The molecule has 1 aliphatic heterocycles. The molecule has 0 bridgehead atoms. The average molecular weight is 297 g/mol. The van der Waals surface area contributed by atoms with Crippen LogP contribution in [-0.2, 0) is 4.79 Å². The summed E-state index contributed by atoms with van der Waals surface area (Å²) < 4.78 is 31.5. The summed E-state index contributed by atoms with van der Waals surface area (Å²) in [6.07, 6.45) is 3.37. The Bertz CT molecular complexity index is 507. The molecule has 1 heterocycles. The van der Waals surface area contributed by atoms with Crippen LogP contribution >= 0.6 is 0 Å². The molecule has 0 aromatic heterocycles. The van der Waals surface area contributed by atoms with Crippen molar-refractivity contribution < 1.29 is 18.3 Å². The molecule has 0 saturated carbocycles. The van der Waals surface area contributed by atoms with Gasteiger partial charge in [-0.3, -0.25) is 4.79 Å². The van der Waals surface area contributed by atoms with Crippen LogP contribution in [0.1, 0.15) is 39.5 Å². The lowest BCUT2D eigenvalue weighted by atomic mass is 9.99. The zero-order chi connectivity index (χ0) is 15.4. The zero-order valence-corrected chi connectivity index (χ0v) is 12.4. The number of ether oxygens (including phenoxy) is 1. The average Bonchev–Trinajstić information content (AvgIpc) is 2.50. The van der Waals surface area contributed by atoms with E-state index in [9.17, 15) is 13.6 Å². The highest BCUT2D eigenvalue weighted by Crippen LogP contribution is 2.22. The van der Waals surface area contributed by atoms with Crippen molar-refractivity contribution in [2.45, 2.75) is 51.7 Å². The van der Waals surface area contributed by atoms with Gasteiger partial charge in [-0.1, -0.05) is 6.92 Å². The van der Waals surface area contributed by atoms with Crippen molar-refractivity contribution in [1.82, 2.24) is 4.90 Å². The number of carbonyl (C=O) groups excluding carboxylic acids is 1. The van der Waals surface area contributed by atoms with E-state index in [-0.39, 0.29) is 17.7 Å². The lowest BCUT2D eigenvalue weighted by Gasteiger charge is -2.36. The molecule has 21 heavy (non-hydrogen) atoms. The Balaban J connectivity index is 2.02. The third-order valence-electron chi connectivity index (χ3n) is 3.93. The predicted molar refractivity (Wildman–Crippen MR) is 76.1 cm³/mol. The van der Waals surface area contributed by atoms with Gasteiger partial charge in [-0.2, -0.15) is 0 Å². The third-order valence-corrected chi connectivity index (χ3v) is 3.93. The highest BCUT2D eigenvalue weighted by molar-refractivity contribution is 5.81. The van der Waals surface area contributed by atoms with Gasteiger partial charge in [-0.05, 0) is 44.7 Å². The Kier molecular flexibility index (Phi) is 5.15. The van der Waals surface area contributed by atoms with Crippen LogP contribution in [0.2, 0.25) is 0 Å². The number of rotatable bonds is 4. The van der Waals surface area contributed by atoms with Gasteiger partial charge in [-0.15, -0.1) is 0 Å². The number of hydrogen-bond donors (Lipinski definition) is 0. The molecule has 1 aliphatic rings. The number of carbonyl (C=O) groups is 1. The summed E-state index contributed by atoms with van der Waals surface area (Å²) in [4.78, 5) is 14.3. The van der Waals surface area contributed by atoms with Crippen molar-refractivity contribution in [1.29, 1.82) is 0 Å². The van der Waals surface area contributed by atoms with Gasteiger partial charge in [0.2, 0.25) is 0 Å². The van der Waals surface area contributed by atoms with Gasteiger partial charge in [0.25, 0.3) is 5.91 Å². The first-order chi connectivity index (χ1) is 10.0. The topological polar surface area (TPSA) is 29.5 Å². The van der Waals surface area contributed by atoms with Crippen molar-refractivity contribution in [2.75, 3.05) is 6.54 Å². The fourth-order valence-electron chi connectivity index (χ4n) is 2.75. The summed E-state index contributed by atoms with van der Waals surface area (Å²) in [6, 6.07) is 3.54. The third kappa shape index (κ3) is 3.71. The Labute approximate surface area is 123 Å². The highest BCUT2D eigenvalue weighted by Gasteiger charge is 2.29. The predicted octanol–water partition coefficient (Wildman–Crippen LogP) is 3.52. The van der Waals surface area contributed by atoms with Crippen molar-refractivity contribution in [3.8, 4) is 5.75 Å². The fourth-order valence-corrected chi connectivity index (χ4v) is 2.75. The maximum absolute atomic E-state index is 13.2. The number of benzene rings is 1. The summed E-state index contributed by atoms with van der Waals surface area (Å²) in [5.74, 6) is -1.83. The van der Waals surface area contributed by atoms with Crippen LogP contribution in [0.15, 0.2) is 18.2 Å². The van der Waals surface area contributed by atoms with Crippen LogP contribution in [0.4, 0.5) is 8.78 Å². The molecule has 1 aromatic carbocycles. The first-order valence-electron chi connectivity index (χ1n) is 7.45. The molecule has 1 saturated heterocycles. The van der Waals surface area contributed by atoms with E-state index in [4.69, 9.17) is 4.74 Å². The Hall–Kier alpha value is -1.65. The normalized spacial score (nSPS) is 20.2. The molecule has 5 heteroatoms. The molecule has 0 radical (unpaired) electrons. The van der Waals surface area contributed by atoms with Crippen LogP contribution in [0.25, 0.3) is 0 Å². The number of nitrogens with zero attached hydrogens (tertiary/aromatic N) is 1. The molecule has 116 valence electrons. The van der Waals surface area contributed by atoms with Crippen LogP contribution in [-0.4, -0.2) is 29.5 Å². The van der Waals surface area contributed by atoms with Gasteiger partial charge in [0.15, 0.2) is 17.7 Å². The lowest BCUT2D eigenvalue weighted by molar-refractivity contribution is -0.141. The van der Waals surface area contributed by atoms with Gasteiger partial charge in [0.1, 0.15) is 5.75 Å². The fraction of sp³-hybridized carbons (Fsp3) is 0.562. The van der Waals surface area contributed by atoms with Gasteiger partial charge < -0.3 is 9.64 Å². The van der Waals surface area contributed by atoms with Crippen molar-refractivity contribution in [3.63, 3.8) is 0 Å². The molecule has 2 rings (SSSR count). The lowest BCUT2D eigenvalue weighted by Crippen LogP contribution is -2.48. The number of amides is 1. The Morgan fingerprint density at radius 2 is 2.14 bits per heavy atom. The second-order valence-corrected chi connectivity index (χ2v) is 5.43. The van der Waals surface area contributed by atoms with Crippen molar-refractivity contribution >= 4 is 5.91 Å². The molecule has 0 spiro atoms. The van der Waals surface area contributed by atoms with Crippen LogP contribution in [0, 0.1) is 11.6 Å². The van der Waals surface area contributed by atoms with E-state index in [1.165, 1.54) is 6.07 Å². The van der Waals surface area contributed by atoms with Crippen molar-refractivity contribution in [3.05, 3.63) is 29.8 Å². The van der Waals surface area contributed by atoms with E-state index in [1.807, 2.05) is 4.90 Å². The molecule has 1 fully saturated rings. The maximum atomic E-state index is 13.2. The summed E-state index contributed by atoms with van der Waals surface area (Å²) in [7, 11) is 0. The minimum atomic E-state index is -0.975. The van der Waals surface area contributed by atoms with E-state index in [0.717, 1.165) is 44.4 Å². The van der Waals surface area contributed by atoms with E-state index in [2.05, 4.69) is 6.92 Å². The number of piperidine rings is 1. The molecule has 2 unspecified atom stereocenters. The van der Waals surface area contributed by atoms with Gasteiger partial charge in [0.05, 0.1) is 0 Å². The molecular formula is C16H21F2NO2. The Morgan fingerprint density at radius 3 is 2.81 bits per heavy atom. The SMILES string of the molecule is CCC1CCCCN1C(=O)C(C)Oc1ccc(F)c(F)c1. The summed E-state index contributed by atoms with van der Waals surface area (Å²) >= 11 is 0. The van der Waals surface area contributed by atoms with Gasteiger partial charge >= 0.3 is 0 Å². The molecule has 2 atom stereocenters. The molecule has 0 aliphatic carbocycles. The van der Waals surface area contributed by atoms with Gasteiger partial charge in [0, 0.05) is 18.7 Å². The smallest absolute Gasteiger partial charge is 0.263 e. The molecule has 1 amide bonds. The minimum Gasteiger partial charge on any atom is -0.481 e.